The van der Waals surface area contributed by atoms with Crippen molar-refractivity contribution in [3.8, 4) is 11.5 Å². The number of aryl methyl sites for hydroxylation is 1. The monoisotopic (exact) mass is 316 g/mol. The largest absolute Gasteiger partial charge is 0.508 e. The van der Waals surface area contributed by atoms with E-state index in [1.807, 2.05) is 6.07 Å². The maximum absolute atomic E-state index is 12.0. The van der Waals surface area contributed by atoms with Crippen molar-refractivity contribution in [3.63, 3.8) is 0 Å². The molecule has 2 atom stereocenters. The molecule has 0 radical (unpaired) electrons. The summed E-state index contributed by atoms with van der Waals surface area (Å²) in [5, 5.41) is 10.6. The first kappa shape index (κ1) is 16.4. The predicted molar refractivity (Wildman–Crippen MR) is 91.1 cm³/mol. The molecule has 1 aromatic rings. The number of ether oxygens (including phenoxy) is 1. The van der Waals surface area contributed by atoms with Gasteiger partial charge in [-0.25, -0.2) is 0 Å². The molecule has 3 heteroatoms. The molecular weight excluding hydrogens is 288 g/mol. The third-order valence-electron chi connectivity index (χ3n) is 5.55. The molecule has 1 aromatic carbocycles. The molecule has 2 aliphatic rings. The van der Waals surface area contributed by atoms with Gasteiger partial charge in [-0.3, -0.25) is 4.79 Å². The van der Waals surface area contributed by atoms with Gasteiger partial charge in [0.15, 0.2) is 0 Å². The van der Waals surface area contributed by atoms with Gasteiger partial charge >= 0.3 is 0 Å². The van der Waals surface area contributed by atoms with Gasteiger partial charge in [-0.1, -0.05) is 19.8 Å². The minimum atomic E-state index is -0.285. The fourth-order valence-electron chi connectivity index (χ4n) is 4.35. The van der Waals surface area contributed by atoms with Crippen LogP contribution < -0.4 is 4.74 Å². The first-order valence-electron chi connectivity index (χ1n) is 8.99. The normalized spacial score (nSPS) is 25.4. The maximum atomic E-state index is 12.0. The number of hydrogen-bond acceptors (Lipinski definition) is 3. The quantitative estimate of drug-likeness (QED) is 0.815. The third-order valence-corrected chi connectivity index (χ3v) is 5.55. The molecule has 0 bridgehead atoms. The number of phenolic OH excluding ortho intramolecular Hbond substituents is 1. The number of carbonyl (C=O) groups is 1. The summed E-state index contributed by atoms with van der Waals surface area (Å²) in [5.74, 6) is 1.80. The van der Waals surface area contributed by atoms with Crippen molar-refractivity contribution < 1.29 is 14.6 Å². The van der Waals surface area contributed by atoms with Crippen LogP contribution in [0.5, 0.6) is 11.5 Å². The Morgan fingerprint density at radius 3 is 2.83 bits per heavy atom. The van der Waals surface area contributed by atoms with Gasteiger partial charge in [0.25, 0.3) is 0 Å². The van der Waals surface area contributed by atoms with E-state index in [-0.39, 0.29) is 11.5 Å². The molecule has 3 nitrogen and oxygen atoms in total. The highest BCUT2D eigenvalue weighted by molar-refractivity contribution is 5.81. The number of rotatable bonds is 4. The Hall–Kier alpha value is -1.51. The summed E-state index contributed by atoms with van der Waals surface area (Å²) in [6.45, 7) is 6.42. The number of hydrogen-bond donors (Lipinski definition) is 1. The number of benzene rings is 1. The fourth-order valence-corrected chi connectivity index (χ4v) is 4.35. The molecule has 0 aromatic heterocycles. The molecule has 23 heavy (non-hydrogen) atoms. The second-order valence-electron chi connectivity index (χ2n) is 7.68. The third kappa shape index (κ3) is 3.11. The van der Waals surface area contributed by atoms with E-state index in [2.05, 4.69) is 26.8 Å². The van der Waals surface area contributed by atoms with Crippen LogP contribution in [0, 0.1) is 5.92 Å². The lowest BCUT2D eigenvalue weighted by Crippen LogP contribution is -2.47. The average molecular weight is 316 g/mol. The SMILES string of the molecule is CCCCCc1cc(O)c2c(c1)OC(C)(C)[C@H]1CCC(=O)C[C@H]21. The second-order valence-corrected chi connectivity index (χ2v) is 7.68. The van der Waals surface area contributed by atoms with E-state index in [0.29, 0.717) is 30.3 Å². The van der Waals surface area contributed by atoms with Crippen LogP contribution in [0.25, 0.3) is 0 Å². The van der Waals surface area contributed by atoms with E-state index < -0.39 is 0 Å². The molecule has 1 heterocycles. The van der Waals surface area contributed by atoms with Crippen molar-refractivity contribution >= 4 is 5.78 Å². The van der Waals surface area contributed by atoms with Gasteiger partial charge in [0, 0.05) is 30.2 Å². The van der Waals surface area contributed by atoms with E-state index in [0.717, 1.165) is 36.1 Å². The number of unbranched alkanes of at least 4 members (excludes halogenated alkanes) is 2. The van der Waals surface area contributed by atoms with Gasteiger partial charge in [-0.05, 0) is 50.8 Å². The van der Waals surface area contributed by atoms with E-state index >= 15 is 0 Å². The van der Waals surface area contributed by atoms with Gasteiger partial charge < -0.3 is 9.84 Å². The molecule has 1 fully saturated rings. The minimum absolute atomic E-state index is 0.0969. The number of phenols is 1. The van der Waals surface area contributed by atoms with Gasteiger partial charge in [-0.15, -0.1) is 0 Å². The summed E-state index contributed by atoms with van der Waals surface area (Å²) < 4.78 is 6.28. The summed E-state index contributed by atoms with van der Waals surface area (Å²) in [4.78, 5) is 12.0. The Morgan fingerprint density at radius 2 is 2.09 bits per heavy atom. The van der Waals surface area contributed by atoms with E-state index in [9.17, 15) is 9.90 Å². The fraction of sp³-hybridized carbons (Fsp3) is 0.650. The molecule has 0 unspecified atom stereocenters. The molecule has 1 saturated carbocycles. The number of fused-ring (bicyclic) bond motifs is 3. The van der Waals surface area contributed by atoms with Crippen LogP contribution in [0.15, 0.2) is 12.1 Å². The van der Waals surface area contributed by atoms with Crippen LogP contribution in [0.3, 0.4) is 0 Å². The summed E-state index contributed by atoms with van der Waals surface area (Å²) in [6.07, 6.45) is 6.50. The lowest BCUT2D eigenvalue weighted by Gasteiger charge is -2.47. The zero-order valence-corrected chi connectivity index (χ0v) is 14.5. The molecule has 0 saturated heterocycles. The molecular formula is C20H28O3. The van der Waals surface area contributed by atoms with Crippen LogP contribution in [0.1, 0.15) is 76.3 Å². The van der Waals surface area contributed by atoms with Crippen LogP contribution >= 0.6 is 0 Å². The standard InChI is InChI=1S/C20H28O3/c1-4-5-6-7-13-10-17(22)19-15-12-14(21)8-9-16(15)20(2,3)23-18(19)11-13/h10-11,15-16,22H,4-9,12H2,1-3H3/t15-,16-/m0/s1. The average Bonchev–Trinajstić information content (AvgIpc) is 2.46. The highest BCUT2D eigenvalue weighted by Crippen LogP contribution is 2.53. The van der Waals surface area contributed by atoms with Crippen molar-refractivity contribution in [2.45, 2.75) is 77.2 Å². The molecule has 3 rings (SSSR count). The Labute approximate surface area is 139 Å². The maximum Gasteiger partial charge on any atom is 0.133 e. The van der Waals surface area contributed by atoms with E-state index in [1.165, 1.54) is 12.8 Å². The zero-order valence-electron chi connectivity index (χ0n) is 14.5. The first-order chi connectivity index (χ1) is 10.9. The summed E-state index contributed by atoms with van der Waals surface area (Å²) in [7, 11) is 0. The highest BCUT2D eigenvalue weighted by Gasteiger charge is 2.47. The zero-order chi connectivity index (χ0) is 16.6. The Morgan fingerprint density at radius 1 is 1.30 bits per heavy atom. The van der Waals surface area contributed by atoms with Gasteiger partial charge in [0.1, 0.15) is 22.9 Å². The Bertz CT molecular complexity index is 603. The lowest BCUT2D eigenvalue weighted by atomic mass is 9.66. The van der Waals surface area contributed by atoms with Crippen molar-refractivity contribution in [1.82, 2.24) is 0 Å². The van der Waals surface area contributed by atoms with Crippen molar-refractivity contribution in [2.75, 3.05) is 0 Å². The number of Topliss-reactive ketones (excluding diaryl/α,β-unsaturated/α-hetero) is 1. The minimum Gasteiger partial charge on any atom is -0.508 e. The smallest absolute Gasteiger partial charge is 0.133 e. The highest BCUT2D eigenvalue weighted by atomic mass is 16.5. The summed E-state index contributed by atoms with van der Waals surface area (Å²) in [5.41, 5.74) is 1.71. The van der Waals surface area contributed by atoms with Crippen LogP contribution in [-0.4, -0.2) is 16.5 Å². The summed E-state index contributed by atoms with van der Waals surface area (Å²) >= 11 is 0. The number of carbonyl (C=O) groups excluding carboxylic acids is 1. The van der Waals surface area contributed by atoms with Crippen LogP contribution in [0.2, 0.25) is 0 Å². The van der Waals surface area contributed by atoms with Gasteiger partial charge in [0.2, 0.25) is 0 Å². The predicted octanol–water partition coefficient (Wildman–Crippen LogP) is 4.75. The van der Waals surface area contributed by atoms with E-state index in [1.54, 1.807) is 0 Å². The Kier molecular flexibility index (Phi) is 4.39. The van der Waals surface area contributed by atoms with Crippen molar-refractivity contribution in [1.29, 1.82) is 0 Å². The van der Waals surface area contributed by atoms with Crippen LogP contribution in [0.4, 0.5) is 0 Å². The molecule has 1 aliphatic carbocycles. The van der Waals surface area contributed by atoms with Gasteiger partial charge in [0.05, 0.1) is 0 Å². The molecule has 1 aliphatic heterocycles. The van der Waals surface area contributed by atoms with Crippen LogP contribution in [-0.2, 0) is 11.2 Å². The van der Waals surface area contributed by atoms with Crippen molar-refractivity contribution in [3.05, 3.63) is 23.3 Å². The van der Waals surface area contributed by atoms with E-state index in [4.69, 9.17) is 4.74 Å². The molecule has 1 N–H and O–H groups in total. The number of aromatic hydroxyl groups is 1. The number of ketones is 1. The molecule has 0 spiro atoms. The second kappa shape index (κ2) is 6.18. The first-order valence-corrected chi connectivity index (χ1v) is 8.99. The molecule has 0 amide bonds. The molecule has 126 valence electrons. The van der Waals surface area contributed by atoms with Crippen molar-refractivity contribution in [2.24, 2.45) is 5.92 Å². The topological polar surface area (TPSA) is 46.5 Å². The van der Waals surface area contributed by atoms with Gasteiger partial charge in [-0.2, -0.15) is 0 Å². The summed E-state index contributed by atoms with van der Waals surface area (Å²) in [6, 6.07) is 3.97. The lowest BCUT2D eigenvalue weighted by molar-refractivity contribution is -0.124. The Balaban J connectivity index is 1.96.